The molecule has 1 heterocycles. The van der Waals surface area contributed by atoms with Crippen LogP contribution in [0.4, 0.5) is 16.2 Å². The summed E-state index contributed by atoms with van der Waals surface area (Å²) in [5.74, 6) is -0.155. The fourth-order valence-corrected chi connectivity index (χ4v) is 2.91. The van der Waals surface area contributed by atoms with Gasteiger partial charge in [-0.25, -0.2) is 9.78 Å². The van der Waals surface area contributed by atoms with E-state index >= 15 is 0 Å². The third kappa shape index (κ3) is 3.92. The Morgan fingerprint density at radius 2 is 1.81 bits per heavy atom. The number of aromatic nitrogens is 2. The lowest BCUT2D eigenvalue weighted by Gasteiger charge is -2.15. The Morgan fingerprint density at radius 3 is 2.59 bits per heavy atom. The van der Waals surface area contributed by atoms with Gasteiger partial charge in [0.2, 0.25) is 5.91 Å². The van der Waals surface area contributed by atoms with Crippen molar-refractivity contribution in [2.75, 3.05) is 10.6 Å². The Bertz CT molecular complexity index is 993. The molecule has 7 heteroatoms. The number of nitrogens with zero attached hydrogens (tertiary/aromatic N) is 2. The van der Waals surface area contributed by atoms with E-state index in [-0.39, 0.29) is 11.9 Å². The molecule has 2 aromatic carbocycles. The maximum Gasteiger partial charge on any atom is 0.319 e. The largest absolute Gasteiger partial charge is 0.335 e. The Morgan fingerprint density at radius 1 is 1.07 bits per heavy atom. The third-order valence-electron chi connectivity index (χ3n) is 4.58. The topological polar surface area (TPSA) is 88.0 Å². The summed E-state index contributed by atoms with van der Waals surface area (Å²) in [5.41, 5.74) is 3.02. The van der Waals surface area contributed by atoms with Gasteiger partial charge >= 0.3 is 6.03 Å². The normalized spacial score (nSPS) is 14.6. The minimum absolute atomic E-state index is 0.155. The van der Waals surface area contributed by atoms with Crippen molar-refractivity contribution in [3.8, 4) is 0 Å². The second kappa shape index (κ2) is 7.11. The highest BCUT2D eigenvalue weighted by atomic mass is 16.2. The fraction of sp³-hybridized carbons (Fsp3) is 0.250. The molecule has 1 aliphatic carbocycles. The molecule has 0 spiro atoms. The number of amides is 3. The van der Waals surface area contributed by atoms with Crippen LogP contribution >= 0.6 is 0 Å². The molecule has 1 saturated carbocycles. The van der Waals surface area contributed by atoms with Crippen LogP contribution in [0.5, 0.6) is 0 Å². The molecule has 7 nitrogen and oxygen atoms in total. The molecular formula is C20H21N5O2. The van der Waals surface area contributed by atoms with Crippen LogP contribution in [0.15, 0.2) is 54.9 Å². The van der Waals surface area contributed by atoms with Crippen LogP contribution in [-0.4, -0.2) is 27.5 Å². The first kappa shape index (κ1) is 17.1. The van der Waals surface area contributed by atoms with E-state index in [0.717, 1.165) is 23.9 Å². The van der Waals surface area contributed by atoms with Gasteiger partial charge in [-0.3, -0.25) is 4.79 Å². The summed E-state index contributed by atoms with van der Waals surface area (Å²) >= 11 is 0. The van der Waals surface area contributed by atoms with E-state index in [0.29, 0.717) is 17.4 Å². The van der Waals surface area contributed by atoms with E-state index in [1.807, 2.05) is 35.8 Å². The molecule has 1 aliphatic rings. The molecule has 1 atom stereocenters. The minimum Gasteiger partial charge on any atom is -0.335 e. The first-order valence-electron chi connectivity index (χ1n) is 9.00. The third-order valence-corrected chi connectivity index (χ3v) is 4.58. The van der Waals surface area contributed by atoms with Crippen molar-refractivity contribution in [3.63, 3.8) is 0 Å². The van der Waals surface area contributed by atoms with Gasteiger partial charge in [0, 0.05) is 17.4 Å². The van der Waals surface area contributed by atoms with Gasteiger partial charge in [0.05, 0.1) is 17.4 Å². The van der Waals surface area contributed by atoms with Gasteiger partial charge in [0.1, 0.15) is 6.04 Å². The zero-order valence-corrected chi connectivity index (χ0v) is 15.0. The highest BCUT2D eigenvalue weighted by Gasteiger charge is 2.23. The number of anilines is 2. The van der Waals surface area contributed by atoms with E-state index in [9.17, 15) is 9.59 Å². The molecule has 0 aliphatic heterocycles. The molecule has 0 saturated heterocycles. The van der Waals surface area contributed by atoms with Crippen LogP contribution in [0.25, 0.3) is 11.0 Å². The molecule has 3 amide bonds. The van der Waals surface area contributed by atoms with E-state index in [4.69, 9.17) is 0 Å². The summed E-state index contributed by atoms with van der Waals surface area (Å²) in [5, 5.41) is 8.56. The Balaban J connectivity index is 1.44. The maximum absolute atomic E-state index is 12.7. The lowest BCUT2D eigenvalue weighted by atomic mass is 10.2. The van der Waals surface area contributed by atoms with Crippen LogP contribution in [0.3, 0.4) is 0 Å². The van der Waals surface area contributed by atoms with Gasteiger partial charge in [0.25, 0.3) is 0 Å². The summed E-state index contributed by atoms with van der Waals surface area (Å²) in [4.78, 5) is 28.9. The van der Waals surface area contributed by atoms with Crippen molar-refractivity contribution in [2.45, 2.75) is 31.8 Å². The minimum atomic E-state index is -0.424. The van der Waals surface area contributed by atoms with Crippen LogP contribution in [0.2, 0.25) is 0 Å². The molecule has 138 valence electrons. The van der Waals surface area contributed by atoms with E-state index < -0.39 is 6.04 Å². The summed E-state index contributed by atoms with van der Waals surface area (Å²) in [7, 11) is 0. The summed E-state index contributed by atoms with van der Waals surface area (Å²) in [6.07, 6.45) is 3.74. The molecule has 4 rings (SSSR count). The van der Waals surface area contributed by atoms with Gasteiger partial charge in [0.15, 0.2) is 0 Å². The lowest BCUT2D eigenvalue weighted by Crippen LogP contribution is -2.30. The second-order valence-corrected chi connectivity index (χ2v) is 6.76. The van der Waals surface area contributed by atoms with Crippen molar-refractivity contribution >= 4 is 34.3 Å². The summed E-state index contributed by atoms with van der Waals surface area (Å²) < 4.78 is 1.84. The number of urea groups is 1. The van der Waals surface area contributed by atoms with Crippen LogP contribution in [0.1, 0.15) is 25.8 Å². The monoisotopic (exact) mass is 363 g/mol. The number of nitrogens with one attached hydrogen (secondary N) is 3. The average molecular weight is 363 g/mol. The standard InChI is InChI=1S/C20H21N5O2/c1-13(25-12-21-17-7-2-3-8-18(17)25)19(26)22-15-5-4-6-16(11-15)24-20(27)23-14-9-10-14/h2-8,11-14H,9-10H2,1H3,(H,22,26)(H2,23,24,27)/t13-/m1/s1. The van der Waals surface area contributed by atoms with Gasteiger partial charge < -0.3 is 20.5 Å². The number of benzene rings is 2. The number of rotatable bonds is 5. The smallest absolute Gasteiger partial charge is 0.319 e. The predicted molar refractivity (Wildman–Crippen MR) is 105 cm³/mol. The van der Waals surface area contributed by atoms with Crippen LogP contribution < -0.4 is 16.0 Å². The van der Waals surface area contributed by atoms with Gasteiger partial charge in [-0.05, 0) is 50.1 Å². The fourth-order valence-electron chi connectivity index (χ4n) is 2.91. The SMILES string of the molecule is C[C@H](C(=O)Nc1cccc(NC(=O)NC2CC2)c1)n1cnc2ccccc21. The molecule has 0 bridgehead atoms. The van der Waals surface area contributed by atoms with Gasteiger partial charge in [-0.2, -0.15) is 0 Å². The lowest BCUT2D eigenvalue weighted by molar-refractivity contribution is -0.118. The molecular weight excluding hydrogens is 342 g/mol. The molecule has 0 unspecified atom stereocenters. The highest BCUT2D eigenvalue weighted by Crippen LogP contribution is 2.21. The van der Waals surface area contributed by atoms with Gasteiger partial charge in [-0.15, -0.1) is 0 Å². The van der Waals surface area contributed by atoms with Gasteiger partial charge in [-0.1, -0.05) is 18.2 Å². The first-order valence-corrected chi connectivity index (χ1v) is 9.00. The highest BCUT2D eigenvalue weighted by molar-refractivity contribution is 5.96. The van der Waals surface area contributed by atoms with E-state index in [1.54, 1.807) is 30.6 Å². The molecule has 3 aromatic rings. The maximum atomic E-state index is 12.7. The average Bonchev–Trinajstić information content (AvgIpc) is 3.36. The summed E-state index contributed by atoms with van der Waals surface area (Å²) in [6.45, 7) is 1.83. The van der Waals surface area contributed by atoms with E-state index in [2.05, 4.69) is 20.9 Å². The quantitative estimate of drug-likeness (QED) is 0.648. The number of carbonyl (C=O) groups is 2. The van der Waals surface area contributed by atoms with Crippen molar-refractivity contribution in [3.05, 3.63) is 54.9 Å². The van der Waals surface area contributed by atoms with Crippen molar-refractivity contribution in [1.82, 2.24) is 14.9 Å². The van der Waals surface area contributed by atoms with Crippen molar-refractivity contribution in [2.24, 2.45) is 0 Å². The predicted octanol–water partition coefficient (Wildman–Crippen LogP) is 3.52. The second-order valence-electron chi connectivity index (χ2n) is 6.76. The molecule has 0 radical (unpaired) electrons. The van der Waals surface area contributed by atoms with E-state index in [1.165, 1.54) is 0 Å². The Labute approximate surface area is 156 Å². The molecule has 1 fully saturated rings. The molecule has 3 N–H and O–H groups in total. The number of carbonyl (C=O) groups excluding carboxylic acids is 2. The summed E-state index contributed by atoms with van der Waals surface area (Å²) in [6, 6.07) is 14.5. The Kier molecular flexibility index (Phi) is 4.50. The number of imidazole rings is 1. The molecule has 1 aromatic heterocycles. The first-order chi connectivity index (χ1) is 13.1. The zero-order valence-electron chi connectivity index (χ0n) is 15.0. The van der Waals surface area contributed by atoms with Crippen LogP contribution in [-0.2, 0) is 4.79 Å². The number of hydrogen-bond donors (Lipinski definition) is 3. The Hall–Kier alpha value is -3.35. The number of fused-ring (bicyclic) bond motifs is 1. The van der Waals surface area contributed by atoms with Crippen LogP contribution in [0, 0.1) is 0 Å². The molecule has 27 heavy (non-hydrogen) atoms. The number of hydrogen-bond acceptors (Lipinski definition) is 3. The zero-order chi connectivity index (χ0) is 18.8. The van der Waals surface area contributed by atoms with Crippen molar-refractivity contribution < 1.29 is 9.59 Å². The van der Waals surface area contributed by atoms with Crippen molar-refractivity contribution in [1.29, 1.82) is 0 Å². The number of para-hydroxylation sites is 2.